The van der Waals surface area contributed by atoms with Gasteiger partial charge in [0.2, 0.25) is 0 Å². The average Bonchev–Trinajstić information content (AvgIpc) is 2.90. The van der Waals surface area contributed by atoms with E-state index in [1.165, 1.54) is 0 Å². The van der Waals surface area contributed by atoms with E-state index in [0.717, 1.165) is 23.7 Å². The summed E-state index contributed by atoms with van der Waals surface area (Å²) in [5, 5.41) is 12.5. The van der Waals surface area contributed by atoms with Crippen molar-refractivity contribution >= 4 is 17.7 Å². The third kappa shape index (κ3) is 4.91. The molecular weight excluding hydrogens is 262 g/mol. The Morgan fingerprint density at radius 3 is 2.84 bits per heavy atom. The summed E-state index contributed by atoms with van der Waals surface area (Å²) in [5.74, 6) is 2.02. The zero-order chi connectivity index (χ0) is 14.1. The van der Waals surface area contributed by atoms with Gasteiger partial charge in [0.05, 0.1) is 12.0 Å². The molecule has 0 aliphatic heterocycles. The maximum atomic E-state index is 11.4. The average molecular weight is 285 g/mol. The van der Waals surface area contributed by atoms with Crippen LogP contribution in [0.1, 0.15) is 38.9 Å². The monoisotopic (exact) mass is 285 g/mol. The summed E-state index contributed by atoms with van der Waals surface area (Å²) in [6, 6.07) is 3.84. The van der Waals surface area contributed by atoms with Crippen molar-refractivity contribution in [1.29, 1.82) is 0 Å². The molecule has 1 aromatic heterocycles. The second kappa shape index (κ2) is 8.27. The van der Waals surface area contributed by atoms with Crippen molar-refractivity contribution in [3.63, 3.8) is 0 Å². The number of hydrogen-bond acceptors (Lipinski definition) is 4. The summed E-state index contributed by atoms with van der Waals surface area (Å²) < 4.78 is 5.25. The SMILES string of the molecule is CCNC(CC)(CCCSCc1ccco1)C(=O)O. The summed E-state index contributed by atoms with van der Waals surface area (Å²) in [7, 11) is 0. The molecular formula is C14H23NO3S. The van der Waals surface area contributed by atoms with E-state index in [9.17, 15) is 9.90 Å². The highest BCUT2D eigenvalue weighted by molar-refractivity contribution is 7.98. The van der Waals surface area contributed by atoms with Gasteiger partial charge < -0.3 is 14.8 Å². The molecule has 1 rings (SSSR count). The molecule has 1 aromatic rings. The van der Waals surface area contributed by atoms with Crippen LogP contribution in [0.2, 0.25) is 0 Å². The van der Waals surface area contributed by atoms with E-state index in [-0.39, 0.29) is 0 Å². The lowest BCUT2D eigenvalue weighted by Gasteiger charge is -2.29. The molecule has 0 saturated heterocycles. The zero-order valence-corrected chi connectivity index (χ0v) is 12.5. The number of rotatable bonds is 10. The molecule has 108 valence electrons. The molecule has 19 heavy (non-hydrogen) atoms. The molecule has 0 saturated carbocycles. The lowest BCUT2D eigenvalue weighted by molar-refractivity contribution is -0.145. The normalized spacial score (nSPS) is 14.2. The topological polar surface area (TPSA) is 62.5 Å². The molecule has 1 atom stereocenters. The number of hydrogen-bond donors (Lipinski definition) is 2. The molecule has 0 fully saturated rings. The van der Waals surface area contributed by atoms with E-state index in [2.05, 4.69) is 5.32 Å². The molecule has 0 aliphatic rings. The first kappa shape index (κ1) is 16.1. The van der Waals surface area contributed by atoms with Crippen molar-refractivity contribution in [1.82, 2.24) is 5.32 Å². The summed E-state index contributed by atoms with van der Waals surface area (Å²) in [6.07, 6.45) is 3.84. The molecule has 1 heterocycles. The minimum Gasteiger partial charge on any atom is -0.480 e. The molecule has 0 aromatic carbocycles. The lowest BCUT2D eigenvalue weighted by Crippen LogP contribution is -2.51. The summed E-state index contributed by atoms with van der Waals surface area (Å²) in [4.78, 5) is 11.4. The van der Waals surface area contributed by atoms with Gasteiger partial charge in [-0.3, -0.25) is 4.79 Å². The van der Waals surface area contributed by atoms with Crippen molar-refractivity contribution < 1.29 is 14.3 Å². The number of thioether (sulfide) groups is 1. The Balaban J connectivity index is 2.30. The van der Waals surface area contributed by atoms with Crippen molar-refractivity contribution in [2.24, 2.45) is 0 Å². The fourth-order valence-corrected chi connectivity index (χ4v) is 2.96. The van der Waals surface area contributed by atoms with Crippen LogP contribution in [0.3, 0.4) is 0 Å². The Morgan fingerprint density at radius 1 is 1.53 bits per heavy atom. The van der Waals surface area contributed by atoms with Crippen LogP contribution in [0.15, 0.2) is 22.8 Å². The van der Waals surface area contributed by atoms with Crippen LogP contribution < -0.4 is 5.32 Å². The number of carboxylic acids is 1. The smallest absolute Gasteiger partial charge is 0.323 e. The Morgan fingerprint density at radius 2 is 2.32 bits per heavy atom. The number of aliphatic carboxylic acids is 1. The highest BCUT2D eigenvalue weighted by Crippen LogP contribution is 2.21. The number of carboxylic acid groups (broad SMARTS) is 1. The molecule has 1 unspecified atom stereocenters. The van der Waals surface area contributed by atoms with Crippen LogP contribution in [0.5, 0.6) is 0 Å². The predicted octanol–water partition coefficient (Wildman–Crippen LogP) is 3.14. The van der Waals surface area contributed by atoms with Crippen molar-refractivity contribution in [3.05, 3.63) is 24.2 Å². The van der Waals surface area contributed by atoms with Crippen LogP contribution in [-0.2, 0) is 10.5 Å². The lowest BCUT2D eigenvalue weighted by atomic mass is 9.91. The van der Waals surface area contributed by atoms with E-state index in [0.29, 0.717) is 19.4 Å². The minimum absolute atomic E-state index is 0.610. The Kier molecular flexibility index (Phi) is 7.02. The molecule has 0 aliphatic carbocycles. The Labute approximate surface area is 119 Å². The third-order valence-corrected chi connectivity index (χ3v) is 4.31. The maximum Gasteiger partial charge on any atom is 0.323 e. The maximum absolute atomic E-state index is 11.4. The highest BCUT2D eigenvalue weighted by Gasteiger charge is 2.34. The van der Waals surface area contributed by atoms with Gasteiger partial charge in [-0.25, -0.2) is 0 Å². The van der Waals surface area contributed by atoms with Gasteiger partial charge in [0.15, 0.2) is 0 Å². The van der Waals surface area contributed by atoms with Crippen LogP contribution in [0, 0.1) is 0 Å². The summed E-state index contributed by atoms with van der Waals surface area (Å²) in [6.45, 7) is 4.55. The molecule has 5 heteroatoms. The number of likely N-dealkylation sites (N-methyl/N-ethyl adjacent to an activating group) is 1. The molecule has 0 bridgehead atoms. The van der Waals surface area contributed by atoms with E-state index >= 15 is 0 Å². The molecule has 0 amide bonds. The van der Waals surface area contributed by atoms with Gasteiger partial charge in [0.25, 0.3) is 0 Å². The summed E-state index contributed by atoms with van der Waals surface area (Å²) >= 11 is 1.78. The van der Waals surface area contributed by atoms with E-state index in [4.69, 9.17) is 4.42 Å². The first-order chi connectivity index (χ1) is 9.14. The standard InChI is InChI=1S/C14H23NO3S/c1-3-14(13(16)17,15-4-2)8-6-10-19-11-12-7-5-9-18-12/h5,7,9,15H,3-4,6,8,10-11H2,1-2H3,(H,16,17). The predicted molar refractivity (Wildman–Crippen MR) is 78.4 cm³/mol. The largest absolute Gasteiger partial charge is 0.480 e. The molecule has 0 spiro atoms. The number of nitrogens with one attached hydrogen (secondary N) is 1. The fraction of sp³-hybridized carbons (Fsp3) is 0.643. The Hall–Kier alpha value is -0.940. The van der Waals surface area contributed by atoms with Crippen molar-refractivity contribution in [2.75, 3.05) is 12.3 Å². The Bertz CT molecular complexity index is 367. The number of furan rings is 1. The molecule has 0 radical (unpaired) electrons. The third-order valence-electron chi connectivity index (χ3n) is 3.24. The van der Waals surface area contributed by atoms with E-state index < -0.39 is 11.5 Å². The van der Waals surface area contributed by atoms with Gasteiger partial charge in [-0.2, -0.15) is 11.8 Å². The second-order valence-corrected chi connectivity index (χ2v) is 5.61. The van der Waals surface area contributed by atoms with Crippen LogP contribution in [0.4, 0.5) is 0 Å². The highest BCUT2D eigenvalue weighted by atomic mass is 32.2. The van der Waals surface area contributed by atoms with Crippen molar-refractivity contribution in [3.8, 4) is 0 Å². The van der Waals surface area contributed by atoms with E-state index in [1.54, 1.807) is 18.0 Å². The quantitative estimate of drug-likeness (QED) is 0.647. The van der Waals surface area contributed by atoms with Gasteiger partial charge in [0, 0.05) is 0 Å². The molecule has 4 nitrogen and oxygen atoms in total. The van der Waals surface area contributed by atoms with Gasteiger partial charge >= 0.3 is 5.97 Å². The zero-order valence-electron chi connectivity index (χ0n) is 11.6. The van der Waals surface area contributed by atoms with Gasteiger partial charge in [-0.15, -0.1) is 0 Å². The van der Waals surface area contributed by atoms with Crippen LogP contribution in [0.25, 0.3) is 0 Å². The van der Waals surface area contributed by atoms with Gasteiger partial charge in [0.1, 0.15) is 11.3 Å². The van der Waals surface area contributed by atoms with Gasteiger partial charge in [-0.1, -0.05) is 13.8 Å². The summed E-state index contributed by atoms with van der Waals surface area (Å²) in [5.41, 5.74) is -0.764. The molecule has 2 N–H and O–H groups in total. The number of carbonyl (C=O) groups is 1. The van der Waals surface area contributed by atoms with E-state index in [1.807, 2.05) is 26.0 Å². The first-order valence-corrected chi connectivity index (χ1v) is 7.88. The van der Waals surface area contributed by atoms with Crippen LogP contribution in [-0.4, -0.2) is 28.9 Å². The second-order valence-electron chi connectivity index (χ2n) is 4.51. The van der Waals surface area contributed by atoms with Crippen LogP contribution >= 0.6 is 11.8 Å². The fourth-order valence-electron chi connectivity index (χ4n) is 2.11. The van der Waals surface area contributed by atoms with Crippen molar-refractivity contribution in [2.45, 2.75) is 44.4 Å². The minimum atomic E-state index is -0.764. The first-order valence-electron chi connectivity index (χ1n) is 6.73. The van der Waals surface area contributed by atoms with Gasteiger partial charge in [-0.05, 0) is 43.7 Å².